The summed E-state index contributed by atoms with van der Waals surface area (Å²) >= 11 is 6.19. The molecule has 3 atom stereocenters. The Balaban J connectivity index is 1.72. The molecule has 3 amide bonds. The summed E-state index contributed by atoms with van der Waals surface area (Å²) < 4.78 is 0. The van der Waals surface area contributed by atoms with Gasteiger partial charge in [0.2, 0.25) is 0 Å². The molecular weight excluding hydrogens is 340 g/mol. The topological polar surface area (TPSA) is 57.7 Å². The lowest BCUT2D eigenvalue weighted by Crippen LogP contribution is -2.52. The van der Waals surface area contributed by atoms with Gasteiger partial charge in [0.25, 0.3) is 5.91 Å². The summed E-state index contributed by atoms with van der Waals surface area (Å²) in [4.78, 5) is 41.2. The number of urea groups is 1. The second kappa shape index (κ2) is 7.26. The number of alkyl halides is 1. The van der Waals surface area contributed by atoms with Crippen LogP contribution in [0.4, 0.5) is 4.79 Å². The lowest BCUT2D eigenvalue weighted by atomic mass is 9.75. The number of hydrogen-bond acceptors (Lipinski definition) is 3. The predicted octanol–water partition coefficient (Wildman–Crippen LogP) is 3.59. The molecule has 0 bridgehead atoms. The van der Waals surface area contributed by atoms with Crippen molar-refractivity contribution in [3.63, 3.8) is 0 Å². The summed E-state index contributed by atoms with van der Waals surface area (Å²) in [5.41, 5.74) is -0.806. The van der Waals surface area contributed by atoms with Crippen LogP contribution in [0.15, 0.2) is 0 Å². The Kier molecular flexibility index (Phi) is 5.42. The molecule has 0 N–H and O–H groups in total. The summed E-state index contributed by atoms with van der Waals surface area (Å²) in [6.07, 6.45) is 8.70. The summed E-state index contributed by atoms with van der Waals surface area (Å²) in [5, 5.41) is 0.0304. The summed E-state index contributed by atoms with van der Waals surface area (Å²) in [6.45, 7) is 1.78. The van der Waals surface area contributed by atoms with Crippen LogP contribution in [0.1, 0.15) is 64.7 Å². The third-order valence-electron chi connectivity index (χ3n) is 6.67. The Morgan fingerprint density at radius 1 is 1.12 bits per heavy atom. The minimum absolute atomic E-state index is 0.0201. The van der Waals surface area contributed by atoms with Crippen molar-refractivity contribution in [2.75, 3.05) is 13.6 Å². The molecule has 2 aliphatic carbocycles. The highest BCUT2D eigenvalue weighted by molar-refractivity contribution is 6.20. The van der Waals surface area contributed by atoms with Gasteiger partial charge in [-0.25, -0.2) is 4.79 Å². The molecule has 1 aliphatic heterocycles. The number of rotatable bonds is 4. The number of hydrogen-bond donors (Lipinski definition) is 0. The second-order valence-electron chi connectivity index (χ2n) is 8.14. The standard InChI is InChI=1S/C19H29ClN2O3/c1-19(14-8-4-3-5-9-14)17(24)22(18(25)21(19)2)12-16(23)13-7-6-10-15(20)11-13/h13-15H,3-12H2,1-2H3. The number of carbonyl (C=O) groups is 3. The third kappa shape index (κ3) is 3.32. The van der Waals surface area contributed by atoms with E-state index in [0.29, 0.717) is 6.42 Å². The molecular formula is C19H29ClN2O3. The number of Topliss-reactive ketones (excluding diaryl/α,β-unsaturated/α-hetero) is 1. The van der Waals surface area contributed by atoms with E-state index in [9.17, 15) is 14.4 Å². The monoisotopic (exact) mass is 368 g/mol. The van der Waals surface area contributed by atoms with E-state index in [1.165, 1.54) is 11.3 Å². The maximum Gasteiger partial charge on any atom is 0.327 e. The molecule has 0 aromatic carbocycles. The SMILES string of the molecule is CN1C(=O)N(CC(=O)C2CCCC(Cl)C2)C(=O)C1(C)C1CCCCC1. The van der Waals surface area contributed by atoms with Gasteiger partial charge in [0.1, 0.15) is 5.54 Å². The van der Waals surface area contributed by atoms with E-state index in [-0.39, 0.29) is 41.5 Å². The fraction of sp³-hybridized carbons (Fsp3) is 0.842. The average molecular weight is 369 g/mol. The minimum Gasteiger partial charge on any atom is -0.313 e. The number of carbonyl (C=O) groups excluding carboxylic acids is 3. The number of halogens is 1. The molecule has 0 aromatic rings. The molecule has 6 heteroatoms. The fourth-order valence-corrected chi connectivity index (χ4v) is 5.21. The van der Waals surface area contributed by atoms with Gasteiger partial charge in [-0.05, 0) is 44.9 Å². The Morgan fingerprint density at radius 2 is 1.80 bits per heavy atom. The van der Waals surface area contributed by atoms with E-state index in [4.69, 9.17) is 11.6 Å². The van der Waals surface area contributed by atoms with Crippen molar-refractivity contribution in [1.82, 2.24) is 9.80 Å². The maximum atomic E-state index is 13.1. The van der Waals surface area contributed by atoms with Crippen LogP contribution in [0, 0.1) is 11.8 Å². The molecule has 3 aliphatic rings. The van der Waals surface area contributed by atoms with Crippen LogP contribution >= 0.6 is 11.6 Å². The fourth-order valence-electron chi connectivity index (χ4n) is 4.84. The van der Waals surface area contributed by atoms with E-state index in [2.05, 4.69) is 0 Å². The normalized spacial score (nSPS) is 34.7. The lowest BCUT2D eigenvalue weighted by Gasteiger charge is -2.38. The van der Waals surface area contributed by atoms with Gasteiger partial charge in [-0.1, -0.05) is 25.7 Å². The van der Waals surface area contributed by atoms with Crippen molar-refractivity contribution < 1.29 is 14.4 Å². The number of ketones is 1. The van der Waals surface area contributed by atoms with Crippen LogP contribution in [-0.2, 0) is 9.59 Å². The van der Waals surface area contributed by atoms with Gasteiger partial charge in [-0.3, -0.25) is 14.5 Å². The zero-order valence-electron chi connectivity index (χ0n) is 15.3. The largest absolute Gasteiger partial charge is 0.327 e. The third-order valence-corrected chi connectivity index (χ3v) is 7.07. The highest BCUT2D eigenvalue weighted by atomic mass is 35.5. The number of nitrogens with zero attached hydrogens (tertiary/aromatic N) is 2. The predicted molar refractivity (Wildman–Crippen MR) is 96.5 cm³/mol. The van der Waals surface area contributed by atoms with Crippen molar-refractivity contribution in [1.29, 1.82) is 0 Å². The van der Waals surface area contributed by atoms with E-state index in [0.717, 1.165) is 44.9 Å². The Morgan fingerprint density at radius 3 is 2.44 bits per heavy atom. The second-order valence-corrected chi connectivity index (χ2v) is 8.76. The van der Waals surface area contributed by atoms with E-state index >= 15 is 0 Å². The highest BCUT2D eigenvalue weighted by Gasteiger charge is 2.56. The van der Waals surface area contributed by atoms with Crippen LogP contribution in [0.2, 0.25) is 0 Å². The van der Waals surface area contributed by atoms with E-state index in [1.807, 2.05) is 6.92 Å². The zero-order valence-corrected chi connectivity index (χ0v) is 16.1. The lowest BCUT2D eigenvalue weighted by molar-refractivity contribution is -0.138. The van der Waals surface area contributed by atoms with Crippen molar-refractivity contribution in [2.45, 2.75) is 75.6 Å². The number of amides is 3. The van der Waals surface area contributed by atoms with Gasteiger partial charge < -0.3 is 4.90 Å². The molecule has 140 valence electrons. The summed E-state index contributed by atoms with van der Waals surface area (Å²) in [7, 11) is 1.70. The molecule has 3 unspecified atom stereocenters. The first kappa shape index (κ1) is 18.7. The van der Waals surface area contributed by atoms with E-state index in [1.54, 1.807) is 11.9 Å². The zero-order chi connectivity index (χ0) is 18.2. The maximum absolute atomic E-state index is 13.1. The van der Waals surface area contributed by atoms with E-state index < -0.39 is 5.54 Å². The van der Waals surface area contributed by atoms with Crippen LogP contribution < -0.4 is 0 Å². The van der Waals surface area contributed by atoms with Gasteiger partial charge in [-0.15, -0.1) is 11.6 Å². The van der Waals surface area contributed by atoms with Gasteiger partial charge in [0.15, 0.2) is 5.78 Å². The number of imide groups is 1. The van der Waals surface area contributed by atoms with Gasteiger partial charge in [-0.2, -0.15) is 0 Å². The molecule has 3 rings (SSSR count). The van der Waals surface area contributed by atoms with Gasteiger partial charge in [0, 0.05) is 18.3 Å². The van der Waals surface area contributed by atoms with Crippen LogP contribution in [-0.4, -0.2) is 52.0 Å². The quantitative estimate of drug-likeness (QED) is 0.562. The Bertz CT molecular complexity index is 561. The summed E-state index contributed by atoms with van der Waals surface area (Å²) in [6, 6.07) is -0.329. The smallest absolute Gasteiger partial charge is 0.313 e. The van der Waals surface area contributed by atoms with Crippen molar-refractivity contribution >= 4 is 29.3 Å². The van der Waals surface area contributed by atoms with Crippen molar-refractivity contribution in [3.05, 3.63) is 0 Å². The van der Waals surface area contributed by atoms with Gasteiger partial charge >= 0.3 is 6.03 Å². The highest BCUT2D eigenvalue weighted by Crippen LogP contribution is 2.41. The molecule has 2 saturated carbocycles. The van der Waals surface area contributed by atoms with Crippen LogP contribution in [0.25, 0.3) is 0 Å². The molecule has 0 spiro atoms. The average Bonchev–Trinajstić information content (AvgIpc) is 2.78. The molecule has 25 heavy (non-hydrogen) atoms. The van der Waals surface area contributed by atoms with Crippen molar-refractivity contribution in [3.8, 4) is 0 Å². The molecule has 0 radical (unpaired) electrons. The minimum atomic E-state index is -0.806. The van der Waals surface area contributed by atoms with Crippen LogP contribution in [0.3, 0.4) is 0 Å². The first-order valence-electron chi connectivity index (χ1n) is 9.62. The van der Waals surface area contributed by atoms with Crippen LogP contribution in [0.5, 0.6) is 0 Å². The molecule has 0 aromatic heterocycles. The van der Waals surface area contributed by atoms with Crippen molar-refractivity contribution in [2.24, 2.45) is 11.8 Å². The molecule has 1 heterocycles. The molecule has 1 saturated heterocycles. The molecule has 5 nitrogen and oxygen atoms in total. The Labute approximate surface area is 155 Å². The molecule has 3 fully saturated rings. The first-order chi connectivity index (χ1) is 11.9. The summed E-state index contributed by atoms with van der Waals surface area (Å²) in [5.74, 6) is -0.153. The van der Waals surface area contributed by atoms with Gasteiger partial charge in [0.05, 0.1) is 6.54 Å². The first-order valence-corrected chi connectivity index (χ1v) is 10.1. The Hall–Kier alpha value is -1.10. The number of likely N-dealkylation sites (N-methyl/N-ethyl adjacent to an activating group) is 1.